The van der Waals surface area contributed by atoms with Crippen LogP contribution in [0.4, 0.5) is 5.69 Å². The fraction of sp³-hybridized carbons (Fsp3) is 0.286. The average Bonchev–Trinajstić information content (AvgIpc) is 3.58. The number of hydrogen-bond donors (Lipinski definition) is 1. The van der Waals surface area contributed by atoms with Gasteiger partial charge in [-0.15, -0.1) is 0 Å². The van der Waals surface area contributed by atoms with Crippen molar-refractivity contribution in [3.8, 4) is 17.2 Å². The van der Waals surface area contributed by atoms with Crippen LogP contribution in [0, 0.1) is 0 Å². The molecule has 3 aliphatic rings. The molecule has 3 heterocycles. The number of ether oxygens (including phenoxy) is 4. The van der Waals surface area contributed by atoms with Gasteiger partial charge in [0.2, 0.25) is 18.6 Å². The molecule has 1 N–H and O–H groups in total. The van der Waals surface area contributed by atoms with Gasteiger partial charge in [0.15, 0.2) is 11.5 Å². The number of nitrogens with zero attached hydrogens (tertiary/aromatic N) is 1. The Morgan fingerprint density at radius 1 is 0.944 bits per heavy atom. The number of carbonyl (C=O) groups excluding carboxylic acids is 2. The Bertz CT molecular complexity index is 1310. The molecule has 1 unspecified atom stereocenters. The summed E-state index contributed by atoms with van der Waals surface area (Å²) < 4.78 is 22.6. The number of hydrogen-bond acceptors (Lipinski definition) is 6. The third-order valence-electron chi connectivity index (χ3n) is 6.87. The topological polar surface area (TPSA) is 86.3 Å². The minimum Gasteiger partial charge on any atom is -0.491 e. The third-order valence-corrected chi connectivity index (χ3v) is 6.87. The molecule has 0 saturated carbocycles. The van der Waals surface area contributed by atoms with Crippen LogP contribution in [0.15, 0.2) is 66.7 Å². The van der Waals surface area contributed by atoms with Crippen LogP contribution in [0.25, 0.3) is 0 Å². The van der Waals surface area contributed by atoms with Crippen molar-refractivity contribution in [2.75, 3.05) is 38.0 Å². The molecule has 8 heteroatoms. The number of para-hydroxylation sites is 1. The first kappa shape index (κ1) is 22.4. The molecule has 3 aromatic rings. The van der Waals surface area contributed by atoms with Crippen molar-refractivity contribution >= 4 is 17.5 Å². The standard InChI is InChI=1S/C28H26N2O6/c31-26(16-33-15-19-7-2-1-3-8-19)29-11-6-12-30-22-10-5-4-9-20(22)28(27(30)32)17-34-23-14-25-24(13-21(23)28)35-18-36-25/h1-5,7-10,13-14H,6,11-12,15-18H2,(H,29,31). The van der Waals surface area contributed by atoms with Gasteiger partial charge in [0.05, 0.1) is 6.61 Å². The van der Waals surface area contributed by atoms with Gasteiger partial charge in [0, 0.05) is 30.4 Å². The predicted octanol–water partition coefficient (Wildman–Crippen LogP) is 3.16. The van der Waals surface area contributed by atoms with Gasteiger partial charge in [-0.1, -0.05) is 48.5 Å². The maximum atomic E-state index is 13.9. The minimum atomic E-state index is -0.915. The van der Waals surface area contributed by atoms with E-state index in [0.29, 0.717) is 43.4 Å². The molecule has 2 amide bonds. The fourth-order valence-corrected chi connectivity index (χ4v) is 5.14. The summed E-state index contributed by atoms with van der Waals surface area (Å²) in [7, 11) is 0. The number of fused-ring (bicyclic) bond motifs is 5. The van der Waals surface area contributed by atoms with Crippen LogP contribution in [-0.2, 0) is 26.3 Å². The quantitative estimate of drug-likeness (QED) is 0.493. The molecule has 0 aliphatic carbocycles. The van der Waals surface area contributed by atoms with Crippen LogP contribution >= 0.6 is 0 Å². The second-order valence-corrected chi connectivity index (χ2v) is 9.05. The number of rotatable bonds is 8. The molecule has 184 valence electrons. The lowest BCUT2D eigenvalue weighted by Gasteiger charge is -2.23. The second kappa shape index (κ2) is 9.20. The molecule has 8 nitrogen and oxygen atoms in total. The first-order chi connectivity index (χ1) is 17.7. The lowest BCUT2D eigenvalue weighted by Crippen LogP contribution is -2.43. The highest BCUT2D eigenvalue weighted by Gasteiger charge is 2.57. The Kier molecular flexibility index (Phi) is 5.73. The van der Waals surface area contributed by atoms with E-state index in [2.05, 4.69) is 5.32 Å². The van der Waals surface area contributed by atoms with E-state index in [9.17, 15) is 9.59 Å². The van der Waals surface area contributed by atoms with Gasteiger partial charge in [0.25, 0.3) is 0 Å². The Labute approximate surface area is 208 Å². The van der Waals surface area contributed by atoms with Gasteiger partial charge in [0.1, 0.15) is 24.4 Å². The van der Waals surface area contributed by atoms with E-state index in [1.807, 2.05) is 60.7 Å². The summed E-state index contributed by atoms with van der Waals surface area (Å²) in [5.41, 5.74) is 2.70. The largest absolute Gasteiger partial charge is 0.491 e. The molecule has 0 bridgehead atoms. The zero-order valence-electron chi connectivity index (χ0n) is 19.7. The van der Waals surface area contributed by atoms with Crippen molar-refractivity contribution < 1.29 is 28.5 Å². The van der Waals surface area contributed by atoms with Crippen LogP contribution in [0.5, 0.6) is 17.2 Å². The molecule has 1 atom stereocenters. The Hall–Kier alpha value is -4.04. The molecule has 6 rings (SSSR count). The first-order valence-corrected chi connectivity index (χ1v) is 12.0. The Morgan fingerprint density at radius 3 is 2.58 bits per heavy atom. The van der Waals surface area contributed by atoms with Crippen LogP contribution in [0.1, 0.15) is 23.1 Å². The molecule has 3 aliphatic heterocycles. The van der Waals surface area contributed by atoms with Crippen LogP contribution in [0.2, 0.25) is 0 Å². The summed E-state index contributed by atoms with van der Waals surface area (Å²) in [6.07, 6.45) is 0.607. The normalized spacial score (nSPS) is 18.8. The van der Waals surface area contributed by atoms with Crippen LogP contribution < -0.4 is 24.4 Å². The van der Waals surface area contributed by atoms with Gasteiger partial charge < -0.3 is 29.2 Å². The molecule has 36 heavy (non-hydrogen) atoms. The number of amides is 2. The molecular weight excluding hydrogens is 460 g/mol. The summed E-state index contributed by atoms with van der Waals surface area (Å²) in [6.45, 7) is 1.69. The fourth-order valence-electron chi connectivity index (χ4n) is 5.14. The molecular formula is C28H26N2O6. The molecule has 1 spiro atoms. The first-order valence-electron chi connectivity index (χ1n) is 12.0. The van der Waals surface area contributed by atoms with Gasteiger partial charge in [-0.3, -0.25) is 9.59 Å². The number of carbonyl (C=O) groups is 2. The lowest BCUT2D eigenvalue weighted by molar-refractivity contribution is -0.126. The Morgan fingerprint density at radius 2 is 1.72 bits per heavy atom. The smallest absolute Gasteiger partial charge is 0.246 e. The Balaban J connectivity index is 1.10. The second-order valence-electron chi connectivity index (χ2n) is 9.05. The highest BCUT2D eigenvalue weighted by atomic mass is 16.7. The predicted molar refractivity (Wildman–Crippen MR) is 131 cm³/mol. The van der Waals surface area contributed by atoms with Crippen molar-refractivity contribution in [2.24, 2.45) is 0 Å². The molecule has 0 aromatic heterocycles. The monoisotopic (exact) mass is 486 g/mol. The average molecular weight is 487 g/mol. The summed E-state index contributed by atoms with van der Waals surface area (Å²) >= 11 is 0. The zero-order chi connectivity index (χ0) is 24.5. The highest BCUT2D eigenvalue weighted by molar-refractivity contribution is 6.11. The van der Waals surface area contributed by atoms with E-state index >= 15 is 0 Å². The third kappa shape index (κ3) is 3.74. The zero-order valence-corrected chi connectivity index (χ0v) is 19.7. The summed E-state index contributed by atoms with van der Waals surface area (Å²) in [5, 5.41) is 2.88. The van der Waals surface area contributed by atoms with Gasteiger partial charge in [-0.2, -0.15) is 0 Å². The summed E-state index contributed by atoms with van der Waals surface area (Å²) in [5.74, 6) is 1.69. The number of anilines is 1. The number of nitrogens with one attached hydrogen (secondary N) is 1. The van der Waals surface area contributed by atoms with Crippen LogP contribution in [-0.4, -0.2) is 44.9 Å². The van der Waals surface area contributed by atoms with E-state index in [4.69, 9.17) is 18.9 Å². The van der Waals surface area contributed by atoms with Crippen molar-refractivity contribution in [3.63, 3.8) is 0 Å². The maximum Gasteiger partial charge on any atom is 0.246 e. The SMILES string of the molecule is O=C(COCc1ccccc1)NCCCN1C(=O)C2(COc3cc4c(cc32)OCO4)c2ccccc21. The van der Waals surface area contributed by atoms with E-state index in [1.54, 1.807) is 11.0 Å². The van der Waals surface area contributed by atoms with E-state index < -0.39 is 5.41 Å². The minimum absolute atomic E-state index is 0.00624. The number of benzene rings is 3. The van der Waals surface area contributed by atoms with Gasteiger partial charge in [-0.25, -0.2) is 0 Å². The summed E-state index contributed by atoms with van der Waals surface area (Å²) in [4.78, 5) is 27.9. The van der Waals surface area contributed by atoms with Crippen molar-refractivity contribution in [2.45, 2.75) is 18.4 Å². The van der Waals surface area contributed by atoms with Crippen molar-refractivity contribution in [1.82, 2.24) is 5.32 Å². The molecule has 0 saturated heterocycles. The van der Waals surface area contributed by atoms with Crippen molar-refractivity contribution in [3.05, 3.63) is 83.4 Å². The molecule has 0 fully saturated rings. The lowest BCUT2D eigenvalue weighted by atomic mass is 9.77. The van der Waals surface area contributed by atoms with E-state index in [0.717, 1.165) is 22.4 Å². The van der Waals surface area contributed by atoms with Gasteiger partial charge in [-0.05, 0) is 29.7 Å². The highest BCUT2D eigenvalue weighted by Crippen LogP contribution is 2.54. The van der Waals surface area contributed by atoms with Crippen LogP contribution in [0.3, 0.4) is 0 Å². The molecule has 3 aromatic carbocycles. The van der Waals surface area contributed by atoms with Crippen molar-refractivity contribution in [1.29, 1.82) is 0 Å². The summed E-state index contributed by atoms with van der Waals surface area (Å²) in [6, 6.07) is 21.2. The molecule has 0 radical (unpaired) electrons. The van der Waals surface area contributed by atoms with Gasteiger partial charge >= 0.3 is 0 Å². The van der Waals surface area contributed by atoms with E-state index in [1.165, 1.54) is 0 Å². The maximum absolute atomic E-state index is 13.9. The van der Waals surface area contributed by atoms with E-state index in [-0.39, 0.29) is 31.8 Å².